The molecule has 0 spiro atoms. The van der Waals surface area contributed by atoms with Crippen LogP contribution < -0.4 is 0 Å². The minimum atomic E-state index is 0.593. The van der Waals surface area contributed by atoms with Crippen LogP contribution in [0.25, 0.3) is 0 Å². The van der Waals surface area contributed by atoms with Gasteiger partial charge in [-0.25, -0.2) is 0 Å². The van der Waals surface area contributed by atoms with Gasteiger partial charge in [-0.05, 0) is 11.8 Å². The minimum absolute atomic E-state index is 0.593. The highest BCUT2D eigenvalue weighted by molar-refractivity contribution is 8.03. The van der Waals surface area contributed by atoms with E-state index in [0.29, 0.717) is 11.2 Å². The maximum atomic E-state index is 4.29. The van der Waals surface area contributed by atoms with Crippen molar-refractivity contribution in [3.8, 4) is 0 Å². The largest absolute Gasteiger partial charge is 0.297 e. The van der Waals surface area contributed by atoms with Gasteiger partial charge in [0.25, 0.3) is 0 Å². The van der Waals surface area contributed by atoms with Crippen LogP contribution in [0, 0.1) is 5.92 Å². The molecule has 0 aromatic heterocycles. The number of hydrogen-bond donors (Lipinski definition) is 0. The fraction of sp³-hybridized carbons (Fsp3) is 0.667. The number of nitrogens with zero attached hydrogens (tertiary/aromatic N) is 1. The summed E-state index contributed by atoms with van der Waals surface area (Å²) in [4.78, 5) is 4.29. The monoisotopic (exact) mass is 169 g/mol. The van der Waals surface area contributed by atoms with E-state index in [1.807, 2.05) is 18.8 Å². The smallest absolute Gasteiger partial charge is 0.0276 e. The first-order valence-electron chi connectivity index (χ1n) is 4.07. The molecule has 0 saturated carbocycles. The number of aliphatic imine (C=N–C) groups is 1. The summed E-state index contributed by atoms with van der Waals surface area (Å²) in [7, 11) is 1.89. The summed E-state index contributed by atoms with van der Waals surface area (Å²) in [6.45, 7) is 4.43. The third-order valence-corrected chi connectivity index (χ3v) is 3.16. The highest BCUT2D eigenvalue weighted by Gasteiger charge is 2.22. The SMILES string of the molecule is CCC(=NC)C1C=CSC1C. The van der Waals surface area contributed by atoms with Crippen molar-refractivity contribution in [2.24, 2.45) is 10.9 Å². The van der Waals surface area contributed by atoms with Gasteiger partial charge in [-0.3, -0.25) is 4.99 Å². The molecule has 1 nitrogen and oxygen atoms in total. The molecule has 62 valence electrons. The molecule has 0 amide bonds. The summed E-state index contributed by atoms with van der Waals surface area (Å²) in [5.74, 6) is 0.593. The Morgan fingerprint density at radius 3 is 2.73 bits per heavy atom. The Kier molecular flexibility index (Phi) is 3.18. The first kappa shape index (κ1) is 8.85. The molecule has 2 atom stereocenters. The molecule has 0 aromatic rings. The van der Waals surface area contributed by atoms with Gasteiger partial charge < -0.3 is 0 Å². The van der Waals surface area contributed by atoms with Crippen LogP contribution in [-0.4, -0.2) is 18.0 Å². The van der Waals surface area contributed by atoms with Crippen molar-refractivity contribution in [2.75, 3.05) is 7.05 Å². The van der Waals surface area contributed by atoms with Crippen molar-refractivity contribution in [3.63, 3.8) is 0 Å². The molecule has 2 unspecified atom stereocenters. The maximum absolute atomic E-state index is 4.29. The highest BCUT2D eigenvalue weighted by atomic mass is 32.2. The predicted octanol–water partition coefficient (Wildman–Crippen LogP) is 2.73. The Morgan fingerprint density at radius 1 is 1.64 bits per heavy atom. The molecule has 2 heteroatoms. The molecule has 1 heterocycles. The molecule has 0 aromatic carbocycles. The number of thioether (sulfide) groups is 1. The Balaban J connectivity index is 2.65. The zero-order valence-corrected chi connectivity index (χ0v) is 8.19. The zero-order chi connectivity index (χ0) is 8.27. The van der Waals surface area contributed by atoms with Gasteiger partial charge in [0.1, 0.15) is 0 Å². The number of hydrogen-bond acceptors (Lipinski definition) is 2. The lowest BCUT2D eigenvalue weighted by molar-refractivity contribution is 0.830. The minimum Gasteiger partial charge on any atom is -0.297 e. The first-order valence-corrected chi connectivity index (χ1v) is 5.01. The summed E-state index contributed by atoms with van der Waals surface area (Å²) >= 11 is 1.90. The van der Waals surface area contributed by atoms with E-state index in [1.54, 1.807) is 0 Å². The van der Waals surface area contributed by atoms with Gasteiger partial charge in [0.05, 0.1) is 0 Å². The van der Waals surface area contributed by atoms with Crippen LogP contribution in [0.5, 0.6) is 0 Å². The normalized spacial score (nSPS) is 31.4. The molecule has 1 rings (SSSR count). The van der Waals surface area contributed by atoms with Crippen LogP contribution in [0.2, 0.25) is 0 Å². The van der Waals surface area contributed by atoms with E-state index in [-0.39, 0.29) is 0 Å². The molecular formula is C9H15NS. The van der Waals surface area contributed by atoms with Crippen molar-refractivity contribution in [1.82, 2.24) is 0 Å². The van der Waals surface area contributed by atoms with Crippen LogP contribution in [0.4, 0.5) is 0 Å². The third kappa shape index (κ3) is 1.86. The van der Waals surface area contributed by atoms with E-state index in [0.717, 1.165) is 6.42 Å². The fourth-order valence-corrected chi connectivity index (χ4v) is 2.34. The topological polar surface area (TPSA) is 12.4 Å². The van der Waals surface area contributed by atoms with Gasteiger partial charge in [-0.15, -0.1) is 11.8 Å². The van der Waals surface area contributed by atoms with E-state index in [9.17, 15) is 0 Å². The van der Waals surface area contributed by atoms with Crippen molar-refractivity contribution in [3.05, 3.63) is 11.5 Å². The van der Waals surface area contributed by atoms with Gasteiger partial charge in [-0.1, -0.05) is 19.9 Å². The average Bonchev–Trinajstić information content (AvgIpc) is 2.40. The summed E-state index contributed by atoms with van der Waals surface area (Å²) in [6, 6.07) is 0. The summed E-state index contributed by atoms with van der Waals surface area (Å²) in [6.07, 6.45) is 3.34. The first-order chi connectivity index (χ1) is 5.29. The van der Waals surface area contributed by atoms with Crippen molar-refractivity contribution >= 4 is 17.5 Å². The van der Waals surface area contributed by atoms with E-state index >= 15 is 0 Å². The third-order valence-electron chi connectivity index (χ3n) is 2.12. The van der Waals surface area contributed by atoms with Gasteiger partial charge in [0, 0.05) is 23.9 Å². The van der Waals surface area contributed by atoms with Crippen LogP contribution in [0.15, 0.2) is 16.5 Å². The molecule has 1 aliphatic rings. The lowest BCUT2D eigenvalue weighted by atomic mass is 9.98. The molecule has 0 radical (unpaired) electrons. The van der Waals surface area contributed by atoms with Crippen LogP contribution in [0.1, 0.15) is 20.3 Å². The quantitative estimate of drug-likeness (QED) is 0.579. The number of allylic oxidation sites excluding steroid dienone is 1. The standard InChI is InChI=1S/C9H15NS/c1-4-9(10-3)8-5-6-11-7(8)2/h5-8H,4H2,1-3H3. The van der Waals surface area contributed by atoms with E-state index in [1.165, 1.54) is 5.71 Å². The summed E-state index contributed by atoms with van der Waals surface area (Å²) in [5.41, 5.74) is 1.33. The molecular weight excluding hydrogens is 154 g/mol. The molecule has 0 saturated heterocycles. The molecule has 11 heavy (non-hydrogen) atoms. The summed E-state index contributed by atoms with van der Waals surface area (Å²) in [5, 5.41) is 2.88. The Hall–Kier alpha value is -0.240. The van der Waals surface area contributed by atoms with Crippen LogP contribution in [0.3, 0.4) is 0 Å². The van der Waals surface area contributed by atoms with Gasteiger partial charge in [0.15, 0.2) is 0 Å². The van der Waals surface area contributed by atoms with Crippen LogP contribution >= 0.6 is 11.8 Å². The molecule has 0 N–H and O–H groups in total. The number of rotatable bonds is 2. The zero-order valence-electron chi connectivity index (χ0n) is 7.37. The van der Waals surface area contributed by atoms with E-state index in [2.05, 4.69) is 30.3 Å². The molecule has 0 bridgehead atoms. The van der Waals surface area contributed by atoms with Crippen molar-refractivity contribution in [2.45, 2.75) is 25.5 Å². The maximum Gasteiger partial charge on any atom is 0.0276 e. The second kappa shape index (κ2) is 3.96. The predicted molar refractivity (Wildman–Crippen MR) is 53.3 cm³/mol. The highest BCUT2D eigenvalue weighted by Crippen LogP contribution is 2.30. The Bertz CT molecular complexity index is 184. The Labute approximate surface area is 73.0 Å². The second-order valence-electron chi connectivity index (χ2n) is 2.76. The van der Waals surface area contributed by atoms with Gasteiger partial charge >= 0.3 is 0 Å². The second-order valence-corrected chi connectivity index (χ2v) is 4.05. The van der Waals surface area contributed by atoms with Gasteiger partial charge in [-0.2, -0.15) is 0 Å². The van der Waals surface area contributed by atoms with Crippen molar-refractivity contribution in [1.29, 1.82) is 0 Å². The average molecular weight is 169 g/mol. The Morgan fingerprint density at radius 2 is 2.36 bits per heavy atom. The van der Waals surface area contributed by atoms with Crippen LogP contribution in [-0.2, 0) is 0 Å². The molecule has 0 fully saturated rings. The lowest BCUT2D eigenvalue weighted by Gasteiger charge is -2.14. The van der Waals surface area contributed by atoms with E-state index < -0.39 is 0 Å². The van der Waals surface area contributed by atoms with E-state index in [4.69, 9.17) is 0 Å². The summed E-state index contributed by atoms with van der Waals surface area (Å²) < 4.78 is 0. The van der Waals surface area contributed by atoms with Gasteiger partial charge in [0.2, 0.25) is 0 Å². The fourth-order valence-electron chi connectivity index (χ4n) is 1.42. The molecule has 0 aliphatic carbocycles. The lowest BCUT2D eigenvalue weighted by Crippen LogP contribution is -2.18. The molecule has 1 aliphatic heterocycles. The van der Waals surface area contributed by atoms with Crippen molar-refractivity contribution < 1.29 is 0 Å².